The van der Waals surface area contributed by atoms with Gasteiger partial charge in [-0.1, -0.05) is 17.7 Å². The molecule has 2 heterocycles. The van der Waals surface area contributed by atoms with E-state index < -0.39 is 5.82 Å². The van der Waals surface area contributed by atoms with Gasteiger partial charge in [0.2, 0.25) is 0 Å². The number of aryl methyl sites for hydroxylation is 1. The summed E-state index contributed by atoms with van der Waals surface area (Å²) in [5.41, 5.74) is 0.388. The molecule has 0 unspecified atom stereocenters. The van der Waals surface area contributed by atoms with Crippen LogP contribution in [0.3, 0.4) is 0 Å². The molecule has 0 aliphatic carbocycles. The summed E-state index contributed by atoms with van der Waals surface area (Å²) in [5, 5.41) is 3.32. The summed E-state index contributed by atoms with van der Waals surface area (Å²) in [4.78, 5) is 14.4. The van der Waals surface area contributed by atoms with Crippen molar-refractivity contribution in [3.05, 3.63) is 34.1 Å². The minimum absolute atomic E-state index is 0.0238. The summed E-state index contributed by atoms with van der Waals surface area (Å²) in [6.07, 6.45) is 1.74. The van der Waals surface area contributed by atoms with E-state index in [1.807, 2.05) is 0 Å². The SMILES string of the molecule is Cc1ccc(C(=O)N2CCOC3(CCNCC3)C2)c(F)c1Cl. The maximum Gasteiger partial charge on any atom is 0.257 e. The molecule has 6 heteroatoms. The Hall–Kier alpha value is -1.17. The highest BCUT2D eigenvalue weighted by molar-refractivity contribution is 6.31. The molecular weight excluding hydrogens is 307 g/mol. The van der Waals surface area contributed by atoms with Crippen LogP contribution in [0.25, 0.3) is 0 Å². The van der Waals surface area contributed by atoms with Crippen molar-refractivity contribution in [1.29, 1.82) is 0 Å². The number of halogens is 2. The molecule has 2 fully saturated rings. The van der Waals surface area contributed by atoms with Crippen molar-refractivity contribution in [2.45, 2.75) is 25.4 Å². The van der Waals surface area contributed by atoms with E-state index in [1.165, 1.54) is 6.07 Å². The van der Waals surface area contributed by atoms with Crippen LogP contribution in [0.5, 0.6) is 0 Å². The number of nitrogens with zero attached hydrogens (tertiary/aromatic N) is 1. The Morgan fingerprint density at radius 2 is 2.14 bits per heavy atom. The number of amides is 1. The zero-order valence-electron chi connectivity index (χ0n) is 12.6. The number of hydrogen-bond acceptors (Lipinski definition) is 3. The molecule has 0 radical (unpaired) electrons. The highest BCUT2D eigenvalue weighted by Crippen LogP contribution is 2.29. The Kier molecular flexibility index (Phi) is 4.39. The van der Waals surface area contributed by atoms with Gasteiger partial charge >= 0.3 is 0 Å². The zero-order valence-corrected chi connectivity index (χ0v) is 13.4. The molecule has 1 aromatic carbocycles. The second-order valence-electron chi connectivity index (χ2n) is 6.07. The third-order valence-corrected chi connectivity index (χ3v) is 5.02. The van der Waals surface area contributed by atoms with Crippen LogP contribution in [0.2, 0.25) is 5.02 Å². The highest BCUT2D eigenvalue weighted by atomic mass is 35.5. The molecule has 1 N–H and O–H groups in total. The van der Waals surface area contributed by atoms with Gasteiger partial charge in [-0.05, 0) is 44.5 Å². The average Bonchev–Trinajstić information content (AvgIpc) is 2.53. The van der Waals surface area contributed by atoms with Crippen molar-refractivity contribution in [3.63, 3.8) is 0 Å². The van der Waals surface area contributed by atoms with E-state index in [4.69, 9.17) is 16.3 Å². The standard InChI is InChI=1S/C16H20ClFN2O2/c1-11-2-3-12(14(18)13(11)17)15(21)20-8-9-22-16(10-20)4-6-19-7-5-16/h2-3,19H,4-10H2,1H3. The molecule has 2 aliphatic rings. The fraction of sp³-hybridized carbons (Fsp3) is 0.562. The second kappa shape index (κ2) is 6.14. The topological polar surface area (TPSA) is 41.6 Å². The maximum absolute atomic E-state index is 14.3. The average molecular weight is 327 g/mol. The Bertz CT molecular complexity index is 582. The van der Waals surface area contributed by atoms with Gasteiger partial charge in [0.1, 0.15) is 0 Å². The van der Waals surface area contributed by atoms with E-state index in [-0.39, 0.29) is 22.1 Å². The Balaban J connectivity index is 1.81. The number of carbonyl (C=O) groups excluding carboxylic acids is 1. The molecule has 0 atom stereocenters. The van der Waals surface area contributed by atoms with Crippen LogP contribution < -0.4 is 5.32 Å². The normalized spacial score (nSPS) is 21.1. The number of piperidine rings is 1. The van der Waals surface area contributed by atoms with E-state index in [0.717, 1.165) is 25.9 Å². The summed E-state index contributed by atoms with van der Waals surface area (Å²) < 4.78 is 20.2. The molecule has 22 heavy (non-hydrogen) atoms. The zero-order chi connectivity index (χ0) is 15.7. The summed E-state index contributed by atoms with van der Waals surface area (Å²) in [6.45, 7) is 4.97. The van der Waals surface area contributed by atoms with E-state index in [9.17, 15) is 9.18 Å². The first kappa shape index (κ1) is 15.7. The number of ether oxygens (including phenoxy) is 1. The number of carbonyl (C=O) groups is 1. The predicted molar refractivity (Wildman–Crippen MR) is 82.8 cm³/mol. The summed E-state index contributed by atoms with van der Waals surface area (Å²) in [7, 11) is 0. The Morgan fingerprint density at radius 1 is 1.41 bits per heavy atom. The fourth-order valence-electron chi connectivity index (χ4n) is 3.18. The molecule has 0 aromatic heterocycles. The van der Waals surface area contributed by atoms with Crippen molar-refractivity contribution < 1.29 is 13.9 Å². The molecule has 0 saturated carbocycles. The molecule has 1 spiro atoms. The van der Waals surface area contributed by atoms with Gasteiger partial charge in [0, 0.05) is 6.54 Å². The van der Waals surface area contributed by atoms with Crippen LogP contribution in [-0.4, -0.2) is 49.2 Å². The molecule has 4 nitrogen and oxygen atoms in total. The van der Waals surface area contributed by atoms with E-state index in [1.54, 1.807) is 17.9 Å². The largest absolute Gasteiger partial charge is 0.371 e. The Labute approximate surface area is 134 Å². The summed E-state index contributed by atoms with van der Waals surface area (Å²) >= 11 is 5.93. The summed E-state index contributed by atoms with van der Waals surface area (Å²) in [5.74, 6) is -0.932. The van der Waals surface area contributed by atoms with Crippen LogP contribution in [0.15, 0.2) is 12.1 Å². The van der Waals surface area contributed by atoms with Crippen LogP contribution in [0.1, 0.15) is 28.8 Å². The number of benzene rings is 1. The van der Waals surface area contributed by atoms with Gasteiger partial charge in [-0.15, -0.1) is 0 Å². The molecule has 1 aromatic rings. The van der Waals surface area contributed by atoms with Gasteiger partial charge < -0.3 is 15.0 Å². The van der Waals surface area contributed by atoms with Crippen molar-refractivity contribution in [2.75, 3.05) is 32.8 Å². The minimum Gasteiger partial charge on any atom is -0.371 e. The van der Waals surface area contributed by atoms with Gasteiger partial charge in [-0.25, -0.2) is 4.39 Å². The van der Waals surface area contributed by atoms with Crippen LogP contribution in [-0.2, 0) is 4.74 Å². The van der Waals surface area contributed by atoms with Crippen molar-refractivity contribution in [1.82, 2.24) is 10.2 Å². The van der Waals surface area contributed by atoms with Crippen LogP contribution >= 0.6 is 11.6 Å². The maximum atomic E-state index is 14.3. The van der Waals surface area contributed by atoms with E-state index >= 15 is 0 Å². The lowest BCUT2D eigenvalue weighted by Crippen LogP contribution is -2.57. The first-order valence-corrected chi connectivity index (χ1v) is 7.99. The summed E-state index contributed by atoms with van der Waals surface area (Å²) in [6, 6.07) is 3.20. The third-order valence-electron chi connectivity index (χ3n) is 4.56. The second-order valence-corrected chi connectivity index (χ2v) is 6.44. The first-order valence-electron chi connectivity index (χ1n) is 7.61. The lowest BCUT2D eigenvalue weighted by atomic mass is 9.90. The lowest BCUT2D eigenvalue weighted by molar-refractivity contribution is -0.114. The van der Waals surface area contributed by atoms with Gasteiger partial charge in [0.15, 0.2) is 5.82 Å². The molecule has 1 amide bonds. The van der Waals surface area contributed by atoms with Crippen molar-refractivity contribution >= 4 is 17.5 Å². The Morgan fingerprint density at radius 3 is 2.86 bits per heavy atom. The first-order chi connectivity index (χ1) is 10.5. The van der Waals surface area contributed by atoms with E-state index in [2.05, 4.69) is 5.32 Å². The molecule has 2 aliphatic heterocycles. The molecule has 0 bridgehead atoms. The number of rotatable bonds is 1. The number of hydrogen-bond donors (Lipinski definition) is 1. The monoisotopic (exact) mass is 326 g/mol. The molecule has 2 saturated heterocycles. The predicted octanol–water partition coefficient (Wildman–Crippen LogP) is 2.38. The highest BCUT2D eigenvalue weighted by Gasteiger charge is 2.39. The number of morpholine rings is 1. The quantitative estimate of drug-likeness (QED) is 0.861. The van der Waals surface area contributed by atoms with Gasteiger partial charge in [0.25, 0.3) is 5.91 Å². The van der Waals surface area contributed by atoms with E-state index in [0.29, 0.717) is 25.3 Å². The van der Waals surface area contributed by atoms with Crippen LogP contribution in [0, 0.1) is 12.7 Å². The molecular formula is C16H20ClFN2O2. The molecule has 120 valence electrons. The van der Waals surface area contributed by atoms with Gasteiger partial charge in [-0.2, -0.15) is 0 Å². The fourth-order valence-corrected chi connectivity index (χ4v) is 3.35. The van der Waals surface area contributed by atoms with Crippen molar-refractivity contribution in [3.8, 4) is 0 Å². The number of nitrogens with one attached hydrogen (secondary N) is 1. The van der Waals surface area contributed by atoms with Crippen molar-refractivity contribution in [2.24, 2.45) is 0 Å². The smallest absolute Gasteiger partial charge is 0.257 e. The molecule has 3 rings (SSSR count). The lowest BCUT2D eigenvalue weighted by Gasteiger charge is -2.45. The van der Waals surface area contributed by atoms with Gasteiger partial charge in [0.05, 0.1) is 29.3 Å². The van der Waals surface area contributed by atoms with Crippen LogP contribution in [0.4, 0.5) is 4.39 Å². The third kappa shape index (κ3) is 2.85. The van der Waals surface area contributed by atoms with Gasteiger partial charge in [-0.3, -0.25) is 4.79 Å². The minimum atomic E-state index is -0.627.